The van der Waals surface area contributed by atoms with Gasteiger partial charge in [0.2, 0.25) is 0 Å². The first kappa shape index (κ1) is 43.3. The van der Waals surface area contributed by atoms with E-state index in [4.69, 9.17) is 3.97 Å². The molecule has 0 aromatic rings. The van der Waals surface area contributed by atoms with E-state index in [-0.39, 0.29) is 5.75 Å². The molecule has 0 heterocycles. The molecule has 0 N–H and O–H groups in total. The normalized spacial score (nSPS) is 13.4. The number of rotatable bonds is 35. The zero-order valence-corrected chi connectivity index (χ0v) is 32.1. The minimum atomic E-state index is -3.53. The van der Waals surface area contributed by atoms with Gasteiger partial charge in [-0.05, 0) is 0 Å². The predicted octanol–water partition coefficient (Wildman–Crippen LogP) is 13.8. The second-order valence-electron chi connectivity index (χ2n) is 14.2. The molecule has 0 aliphatic carbocycles. The van der Waals surface area contributed by atoms with Gasteiger partial charge in [-0.2, -0.15) is 0 Å². The summed E-state index contributed by atoms with van der Waals surface area (Å²) < 4.78 is 34.8. The molecule has 0 aliphatic rings. The Kier molecular flexibility index (Phi) is 28.8. The molecule has 3 nitrogen and oxygen atoms in total. The van der Waals surface area contributed by atoms with Crippen LogP contribution in [-0.4, -0.2) is 38.8 Å². The molecular formula is C38H81O3PS. The molecule has 43 heavy (non-hydrogen) atoms. The molecule has 0 spiro atoms. The van der Waals surface area contributed by atoms with Gasteiger partial charge < -0.3 is 0 Å². The fraction of sp³-hybridized carbons (Fsp3) is 1.00. The van der Waals surface area contributed by atoms with Crippen LogP contribution in [-0.2, 0) is 14.1 Å². The molecule has 5 heteroatoms. The molecule has 0 saturated heterocycles. The van der Waals surface area contributed by atoms with Crippen molar-refractivity contribution in [1.29, 1.82) is 0 Å². The van der Waals surface area contributed by atoms with Crippen molar-refractivity contribution in [2.24, 2.45) is 0 Å². The molecule has 0 aromatic carbocycles. The molecule has 0 radical (unpaired) electrons. The van der Waals surface area contributed by atoms with Crippen LogP contribution in [0.4, 0.5) is 0 Å². The molecular weight excluding hydrogens is 567 g/mol. The summed E-state index contributed by atoms with van der Waals surface area (Å²) in [5, 5.41) is 0. The van der Waals surface area contributed by atoms with E-state index in [1.807, 2.05) is 0 Å². The van der Waals surface area contributed by atoms with Gasteiger partial charge in [0.1, 0.15) is 0 Å². The molecule has 0 atom stereocenters. The summed E-state index contributed by atoms with van der Waals surface area (Å²) in [5.74, 6) is 0.227. The van der Waals surface area contributed by atoms with E-state index in [1.54, 1.807) is 0 Å². The Morgan fingerprint density at radius 1 is 0.349 bits per heavy atom. The predicted molar refractivity (Wildman–Crippen MR) is 199 cm³/mol. The Balaban J connectivity index is 6.16. The van der Waals surface area contributed by atoms with Crippen molar-refractivity contribution < 1.29 is 12.4 Å². The quantitative estimate of drug-likeness (QED) is 0.0507. The van der Waals surface area contributed by atoms with Crippen molar-refractivity contribution in [1.82, 2.24) is 0 Å². The first-order valence-electron chi connectivity index (χ1n) is 19.8. The summed E-state index contributed by atoms with van der Waals surface area (Å²) in [6.45, 7) is 8.41. The average molecular weight is 649 g/mol. The van der Waals surface area contributed by atoms with Crippen LogP contribution in [0.3, 0.4) is 0 Å². The number of unbranched alkanes of at least 4 members (excludes halogenated alkanes) is 23. The van der Waals surface area contributed by atoms with Crippen molar-refractivity contribution in [2.75, 3.05) is 30.4 Å². The van der Waals surface area contributed by atoms with Gasteiger partial charge in [0.05, 0.1) is 0 Å². The molecule has 0 saturated carbocycles. The Labute approximate surface area is 273 Å². The third-order valence-electron chi connectivity index (χ3n) is 9.88. The summed E-state index contributed by atoms with van der Waals surface area (Å²) in [4.78, 5) is 0. The monoisotopic (exact) mass is 649 g/mol. The molecule has 0 unspecified atom stereocenters. The maximum absolute atomic E-state index is 13.9. The van der Waals surface area contributed by atoms with Crippen LogP contribution in [0.5, 0.6) is 0 Å². The van der Waals surface area contributed by atoms with E-state index < -0.39 is 16.9 Å². The fourth-order valence-electron chi connectivity index (χ4n) is 7.05. The van der Waals surface area contributed by atoms with Crippen LogP contribution < -0.4 is 0 Å². The van der Waals surface area contributed by atoms with Gasteiger partial charge in [-0.1, -0.05) is 0 Å². The Morgan fingerprint density at radius 3 is 0.860 bits per heavy atom. The SMILES string of the molecule is CCCCCCCCP(CCCCCCCC)(CCCCCCCC)(CCCCCCCC)OS(=O)(=O)CCCCCC. The van der Waals surface area contributed by atoms with Gasteiger partial charge >= 0.3 is 274 Å². The minimum absolute atomic E-state index is 0.227. The topological polar surface area (TPSA) is 43.4 Å². The van der Waals surface area contributed by atoms with Gasteiger partial charge in [-0.25, -0.2) is 0 Å². The van der Waals surface area contributed by atoms with Gasteiger partial charge in [-0.3, -0.25) is 0 Å². The summed E-state index contributed by atoms with van der Waals surface area (Å²) in [5.41, 5.74) is 0. The molecule has 0 rings (SSSR count). The van der Waals surface area contributed by atoms with Gasteiger partial charge in [0.15, 0.2) is 0 Å². The van der Waals surface area contributed by atoms with Gasteiger partial charge in [0, 0.05) is 0 Å². The molecule has 0 bridgehead atoms. The number of hydrogen-bond donors (Lipinski definition) is 0. The fourth-order valence-corrected chi connectivity index (χ4v) is 17.1. The summed E-state index contributed by atoms with van der Waals surface area (Å²) >= 11 is 0. The molecule has 0 aromatic heterocycles. The average Bonchev–Trinajstić information content (AvgIpc) is 2.98. The molecule has 0 fully saturated rings. The third-order valence-corrected chi connectivity index (χ3v) is 19.1. The zero-order chi connectivity index (χ0) is 32.0. The van der Waals surface area contributed by atoms with E-state index in [2.05, 4.69) is 34.6 Å². The first-order chi connectivity index (χ1) is 20.8. The van der Waals surface area contributed by atoms with Crippen LogP contribution in [0, 0.1) is 0 Å². The van der Waals surface area contributed by atoms with E-state index in [9.17, 15) is 8.42 Å². The van der Waals surface area contributed by atoms with Crippen LogP contribution >= 0.6 is 6.83 Å². The van der Waals surface area contributed by atoms with Crippen LogP contribution in [0.15, 0.2) is 0 Å². The maximum atomic E-state index is 13.9. The van der Waals surface area contributed by atoms with Crippen LogP contribution in [0.2, 0.25) is 0 Å². The van der Waals surface area contributed by atoms with Crippen LogP contribution in [0.25, 0.3) is 0 Å². The van der Waals surface area contributed by atoms with E-state index in [1.165, 1.54) is 128 Å². The Morgan fingerprint density at radius 2 is 0.581 bits per heavy atom. The second kappa shape index (κ2) is 28.6. The molecule has 262 valence electrons. The Hall–Kier alpha value is 0.340. The molecule has 0 amide bonds. The molecule has 0 aliphatic heterocycles. The van der Waals surface area contributed by atoms with E-state index in [0.29, 0.717) is 0 Å². The summed E-state index contributed by atoms with van der Waals surface area (Å²) in [6.07, 6.45) is 38.6. The van der Waals surface area contributed by atoms with Gasteiger partial charge in [-0.15, -0.1) is 0 Å². The van der Waals surface area contributed by atoms with E-state index >= 15 is 0 Å². The van der Waals surface area contributed by atoms with E-state index in [0.717, 1.165) is 76.0 Å². The van der Waals surface area contributed by atoms with Gasteiger partial charge in [0.25, 0.3) is 0 Å². The summed E-state index contributed by atoms with van der Waals surface area (Å²) in [7, 11) is -3.53. The third kappa shape index (κ3) is 23.3. The first-order valence-corrected chi connectivity index (χ1v) is 24.2. The van der Waals surface area contributed by atoms with Crippen LogP contribution in [0.1, 0.15) is 214 Å². The van der Waals surface area contributed by atoms with Crippen molar-refractivity contribution >= 4 is 16.9 Å². The number of hydrogen-bond acceptors (Lipinski definition) is 3. The van der Waals surface area contributed by atoms with Crippen molar-refractivity contribution in [3.8, 4) is 0 Å². The zero-order valence-electron chi connectivity index (χ0n) is 30.4. The van der Waals surface area contributed by atoms with Crippen molar-refractivity contribution in [3.05, 3.63) is 0 Å². The van der Waals surface area contributed by atoms with Crippen molar-refractivity contribution in [2.45, 2.75) is 214 Å². The van der Waals surface area contributed by atoms with Crippen molar-refractivity contribution in [3.63, 3.8) is 0 Å². The standard InChI is InChI=1S/C38H81O3PS/c1-6-11-16-21-25-29-34-42(35-30-26-22-17-12-7-2,36-31-27-23-18-13-8-3,37-32-28-24-19-14-9-4)41-43(39,40)38-33-20-15-10-5/h6-38H2,1-5H3. The Bertz CT molecular complexity index is 618. The summed E-state index contributed by atoms with van der Waals surface area (Å²) in [6, 6.07) is 0. The second-order valence-corrected chi connectivity index (χ2v) is 21.8.